The molecule has 18 heavy (non-hydrogen) atoms. The molecule has 4 nitrogen and oxygen atoms in total. The molecule has 0 aliphatic carbocycles. The van der Waals surface area contributed by atoms with E-state index in [1.54, 1.807) is 13.0 Å². The second-order valence-electron chi connectivity index (χ2n) is 4.51. The van der Waals surface area contributed by atoms with Crippen molar-refractivity contribution in [2.45, 2.75) is 47.0 Å². The molecule has 0 spiro atoms. The minimum atomic E-state index is -1.19. The molecule has 0 aromatic carbocycles. The first-order valence-electron chi connectivity index (χ1n) is 6.20. The summed E-state index contributed by atoms with van der Waals surface area (Å²) in [5.41, 5.74) is 2.37. The van der Waals surface area contributed by atoms with Crippen LogP contribution in [0.4, 0.5) is 4.79 Å². The van der Waals surface area contributed by atoms with Gasteiger partial charge in [0.1, 0.15) is 0 Å². The van der Waals surface area contributed by atoms with E-state index >= 15 is 0 Å². The SMILES string of the molecule is CCC(=O)N(C/C=C(\C)CCC=C(C)C)C(=O)O. The van der Waals surface area contributed by atoms with E-state index in [1.807, 2.05) is 20.8 Å². The van der Waals surface area contributed by atoms with Crippen LogP contribution >= 0.6 is 0 Å². The molecule has 0 atom stereocenters. The lowest BCUT2D eigenvalue weighted by molar-refractivity contribution is -0.128. The van der Waals surface area contributed by atoms with Crippen molar-refractivity contribution in [2.24, 2.45) is 0 Å². The Bertz CT molecular complexity index is 352. The number of carbonyl (C=O) groups excluding carboxylic acids is 1. The van der Waals surface area contributed by atoms with E-state index in [2.05, 4.69) is 6.08 Å². The summed E-state index contributed by atoms with van der Waals surface area (Å²) >= 11 is 0. The van der Waals surface area contributed by atoms with Crippen LogP contribution in [0.2, 0.25) is 0 Å². The minimum absolute atomic E-state index is 0.142. The summed E-state index contributed by atoms with van der Waals surface area (Å²) in [5, 5.41) is 8.90. The van der Waals surface area contributed by atoms with Gasteiger partial charge < -0.3 is 5.11 Å². The maximum atomic E-state index is 11.4. The van der Waals surface area contributed by atoms with Crippen molar-refractivity contribution in [3.63, 3.8) is 0 Å². The zero-order chi connectivity index (χ0) is 14.1. The summed E-state index contributed by atoms with van der Waals surface area (Å²) in [6.07, 6.45) is 4.80. The van der Waals surface area contributed by atoms with Crippen LogP contribution in [0.3, 0.4) is 0 Å². The van der Waals surface area contributed by atoms with Crippen molar-refractivity contribution >= 4 is 12.0 Å². The Morgan fingerprint density at radius 1 is 1.17 bits per heavy atom. The number of amides is 2. The molecule has 0 aliphatic rings. The average Bonchev–Trinajstić information content (AvgIpc) is 2.27. The monoisotopic (exact) mass is 253 g/mol. The quantitative estimate of drug-likeness (QED) is 0.736. The molecular formula is C14H23NO3. The number of allylic oxidation sites excluding steroid dienone is 3. The summed E-state index contributed by atoms with van der Waals surface area (Å²) < 4.78 is 0. The fourth-order valence-corrected chi connectivity index (χ4v) is 1.42. The standard InChI is InChI=1S/C14H23NO3/c1-5-13(16)15(14(17)18)10-9-12(4)8-6-7-11(2)3/h7,9H,5-6,8,10H2,1-4H3,(H,17,18)/b12-9+. The molecule has 0 fully saturated rings. The van der Waals surface area contributed by atoms with Crippen LogP contribution in [0.15, 0.2) is 23.3 Å². The van der Waals surface area contributed by atoms with Crippen molar-refractivity contribution < 1.29 is 14.7 Å². The normalized spacial score (nSPS) is 11.0. The summed E-state index contributed by atoms with van der Waals surface area (Å²) in [5.74, 6) is -0.365. The van der Waals surface area contributed by atoms with Crippen molar-refractivity contribution in [1.82, 2.24) is 4.90 Å². The molecule has 0 aromatic rings. The predicted molar refractivity (Wildman–Crippen MR) is 72.5 cm³/mol. The smallest absolute Gasteiger partial charge is 0.414 e. The molecule has 0 bridgehead atoms. The molecule has 0 heterocycles. The van der Waals surface area contributed by atoms with E-state index in [-0.39, 0.29) is 18.9 Å². The van der Waals surface area contributed by atoms with Crippen LogP contribution in [0, 0.1) is 0 Å². The van der Waals surface area contributed by atoms with E-state index in [9.17, 15) is 9.59 Å². The van der Waals surface area contributed by atoms with Crippen molar-refractivity contribution in [2.75, 3.05) is 6.54 Å². The Kier molecular flexibility index (Phi) is 7.76. The molecule has 102 valence electrons. The highest BCUT2D eigenvalue weighted by molar-refractivity contribution is 5.91. The first kappa shape index (κ1) is 16.4. The highest BCUT2D eigenvalue weighted by Gasteiger charge is 2.16. The van der Waals surface area contributed by atoms with Gasteiger partial charge in [-0.3, -0.25) is 4.79 Å². The number of carboxylic acid groups (broad SMARTS) is 1. The Labute approximate surface area is 109 Å². The van der Waals surface area contributed by atoms with Crippen LogP contribution in [0.5, 0.6) is 0 Å². The number of hydrogen-bond acceptors (Lipinski definition) is 2. The van der Waals surface area contributed by atoms with Gasteiger partial charge >= 0.3 is 6.09 Å². The highest BCUT2D eigenvalue weighted by Crippen LogP contribution is 2.07. The Hall–Kier alpha value is -1.58. The lowest BCUT2D eigenvalue weighted by atomic mass is 10.1. The van der Waals surface area contributed by atoms with E-state index in [0.717, 1.165) is 23.3 Å². The number of carbonyl (C=O) groups is 2. The fraction of sp³-hybridized carbons (Fsp3) is 0.571. The van der Waals surface area contributed by atoms with E-state index in [4.69, 9.17) is 5.11 Å². The summed E-state index contributed by atoms with van der Waals surface area (Å²) in [4.78, 5) is 23.1. The number of rotatable bonds is 6. The van der Waals surface area contributed by atoms with Crippen LogP contribution < -0.4 is 0 Å². The van der Waals surface area contributed by atoms with Gasteiger partial charge in [0, 0.05) is 6.42 Å². The molecule has 0 saturated heterocycles. The Balaban J connectivity index is 4.36. The van der Waals surface area contributed by atoms with Gasteiger partial charge in [-0.25, -0.2) is 9.69 Å². The first-order chi connectivity index (χ1) is 8.38. The largest absolute Gasteiger partial charge is 0.465 e. The zero-order valence-electron chi connectivity index (χ0n) is 11.7. The van der Waals surface area contributed by atoms with Crippen molar-refractivity contribution in [1.29, 1.82) is 0 Å². The molecule has 0 radical (unpaired) electrons. The van der Waals surface area contributed by atoms with Crippen molar-refractivity contribution in [3.05, 3.63) is 23.3 Å². The van der Waals surface area contributed by atoms with Gasteiger partial charge in [-0.05, 0) is 33.6 Å². The van der Waals surface area contributed by atoms with Crippen LogP contribution in [-0.2, 0) is 4.79 Å². The van der Waals surface area contributed by atoms with Crippen LogP contribution in [-0.4, -0.2) is 28.6 Å². The zero-order valence-corrected chi connectivity index (χ0v) is 11.7. The lowest BCUT2D eigenvalue weighted by Crippen LogP contribution is -2.35. The molecular weight excluding hydrogens is 230 g/mol. The summed E-state index contributed by atoms with van der Waals surface area (Å²) in [6.45, 7) is 7.85. The van der Waals surface area contributed by atoms with Crippen LogP contribution in [0.25, 0.3) is 0 Å². The minimum Gasteiger partial charge on any atom is -0.465 e. The third-order valence-electron chi connectivity index (χ3n) is 2.55. The number of hydrogen-bond donors (Lipinski definition) is 1. The summed E-state index contributed by atoms with van der Waals surface area (Å²) in [6, 6.07) is 0. The van der Waals surface area contributed by atoms with E-state index in [1.165, 1.54) is 5.57 Å². The molecule has 0 rings (SSSR count). The average molecular weight is 253 g/mol. The molecule has 0 aliphatic heterocycles. The number of nitrogens with zero attached hydrogens (tertiary/aromatic N) is 1. The predicted octanol–water partition coefficient (Wildman–Crippen LogP) is 3.60. The fourth-order valence-electron chi connectivity index (χ4n) is 1.42. The molecule has 0 aromatic heterocycles. The van der Waals surface area contributed by atoms with Gasteiger partial charge in [0.05, 0.1) is 6.54 Å². The molecule has 4 heteroatoms. The van der Waals surface area contributed by atoms with Gasteiger partial charge in [0.25, 0.3) is 0 Å². The van der Waals surface area contributed by atoms with Crippen LogP contribution in [0.1, 0.15) is 47.0 Å². The highest BCUT2D eigenvalue weighted by atomic mass is 16.4. The van der Waals surface area contributed by atoms with Crippen molar-refractivity contribution in [3.8, 4) is 0 Å². The van der Waals surface area contributed by atoms with Gasteiger partial charge in [-0.1, -0.05) is 30.2 Å². The molecule has 0 unspecified atom stereocenters. The van der Waals surface area contributed by atoms with E-state index in [0.29, 0.717) is 0 Å². The first-order valence-corrected chi connectivity index (χ1v) is 6.20. The van der Waals surface area contributed by atoms with Gasteiger partial charge in [0.15, 0.2) is 0 Å². The second-order valence-corrected chi connectivity index (χ2v) is 4.51. The topological polar surface area (TPSA) is 57.6 Å². The van der Waals surface area contributed by atoms with E-state index < -0.39 is 6.09 Å². The lowest BCUT2D eigenvalue weighted by Gasteiger charge is -2.14. The second kappa shape index (κ2) is 8.50. The number of imide groups is 1. The molecule has 2 amide bonds. The van der Waals surface area contributed by atoms with Gasteiger partial charge in [-0.2, -0.15) is 0 Å². The van der Waals surface area contributed by atoms with Gasteiger partial charge in [0.2, 0.25) is 5.91 Å². The van der Waals surface area contributed by atoms with Gasteiger partial charge in [-0.15, -0.1) is 0 Å². The third-order valence-corrected chi connectivity index (χ3v) is 2.55. The third kappa shape index (κ3) is 6.89. The summed E-state index contributed by atoms with van der Waals surface area (Å²) in [7, 11) is 0. The molecule has 0 saturated carbocycles. The maximum Gasteiger partial charge on any atom is 0.414 e. The molecule has 1 N–H and O–H groups in total. The Morgan fingerprint density at radius 3 is 2.22 bits per heavy atom. The Morgan fingerprint density at radius 2 is 1.78 bits per heavy atom. The maximum absolute atomic E-state index is 11.4.